The third-order valence-corrected chi connectivity index (χ3v) is 2.55. The fourth-order valence-corrected chi connectivity index (χ4v) is 1.72. The van der Waals surface area contributed by atoms with Crippen molar-refractivity contribution in [3.63, 3.8) is 0 Å². The number of rotatable bonds is 2. The van der Waals surface area contributed by atoms with Crippen molar-refractivity contribution >= 4 is 23.2 Å². The summed E-state index contributed by atoms with van der Waals surface area (Å²) in [4.78, 5) is 0. The van der Waals surface area contributed by atoms with Crippen LogP contribution < -0.4 is 5.73 Å². The summed E-state index contributed by atoms with van der Waals surface area (Å²) in [7, 11) is 0. The molecule has 0 aromatic heterocycles. The number of hydrogen-bond donors (Lipinski definition) is 2. The van der Waals surface area contributed by atoms with Crippen molar-refractivity contribution in [1.82, 2.24) is 0 Å². The Labute approximate surface area is 101 Å². The van der Waals surface area contributed by atoms with Crippen LogP contribution in [0.3, 0.4) is 0 Å². The van der Waals surface area contributed by atoms with Gasteiger partial charge >= 0.3 is 0 Å². The van der Waals surface area contributed by atoms with E-state index < -0.39 is 0 Å². The highest BCUT2D eigenvalue weighted by Gasteiger charge is 2.08. The molecule has 0 aliphatic carbocycles. The van der Waals surface area contributed by atoms with Crippen molar-refractivity contribution in [2.45, 2.75) is 6.04 Å². The van der Waals surface area contributed by atoms with E-state index in [-0.39, 0.29) is 24.2 Å². The van der Waals surface area contributed by atoms with Gasteiger partial charge in [-0.2, -0.15) is 0 Å². The number of halogens is 1. The molecule has 0 amide bonds. The Morgan fingerprint density at radius 1 is 1.12 bits per heavy atom. The molecule has 16 heavy (non-hydrogen) atoms. The van der Waals surface area contributed by atoms with Gasteiger partial charge in [0, 0.05) is 11.4 Å². The first kappa shape index (κ1) is 12.6. The van der Waals surface area contributed by atoms with E-state index in [0.29, 0.717) is 0 Å². The molecule has 0 saturated heterocycles. The van der Waals surface area contributed by atoms with Crippen LogP contribution in [0, 0.1) is 0 Å². The van der Waals surface area contributed by atoms with Gasteiger partial charge in [-0.15, -0.1) is 19.0 Å². The number of fused-ring (bicyclic) bond motifs is 1. The van der Waals surface area contributed by atoms with Gasteiger partial charge in [-0.05, 0) is 17.0 Å². The van der Waals surface area contributed by atoms with Crippen LogP contribution in [0.5, 0.6) is 5.75 Å². The molecular formula is C13H14ClNO. The third kappa shape index (κ3) is 2.03. The highest BCUT2D eigenvalue weighted by atomic mass is 35.5. The van der Waals surface area contributed by atoms with E-state index in [4.69, 9.17) is 5.73 Å². The summed E-state index contributed by atoms with van der Waals surface area (Å²) in [6.45, 7) is 3.68. The molecule has 0 aliphatic rings. The van der Waals surface area contributed by atoms with E-state index >= 15 is 0 Å². The topological polar surface area (TPSA) is 46.2 Å². The quantitative estimate of drug-likeness (QED) is 0.786. The number of aromatic hydroxyl groups is 1. The van der Waals surface area contributed by atoms with Crippen LogP contribution in [-0.2, 0) is 0 Å². The SMILES string of the molecule is C=C[C@@H](N)c1ccc(O)c2ccccc12.Cl. The average Bonchev–Trinajstić information content (AvgIpc) is 2.29. The normalized spacial score (nSPS) is 11.8. The van der Waals surface area contributed by atoms with E-state index in [9.17, 15) is 5.11 Å². The maximum absolute atomic E-state index is 9.68. The summed E-state index contributed by atoms with van der Waals surface area (Å²) < 4.78 is 0. The van der Waals surface area contributed by atoms with Crippen LogP contribution in [0.1, 0.15) is 11.6 Å². The molecule has 0 heterocycles. The Morgan fingerprint density at radius 3 is 2.38 bits per heavy atom. The average molecular weight is 236 g/mol. The Bertz CT molecular complexity index is 510. The molecule has 2 aromatic rings. The molecule has 3 heteroatoms. The number of phenols is 1. The summed E-state index contributed by atoms with van der Waals surface area (Å²) in [5.74, 6) is 0.283. The van der Waals surface area contributed by atoms with Crippen molar-refractivity contribution in [3.8, 4) is 5.75 Å². The smallest absolute Gasteiger partial charge is 0.123 e. The predicted octanol–water partition coefficient (Wildman–Crippen LogP) is 3.15. The maximum Gasteiger partial charge on any atom is 0.123 e. The van der Waals surface area contributed by atoms with Crippen molar-refractivity contribution < 1.29 is 5.11 Å². The first-order chi connectivity index (χ1) is 7.24. The van der Waals surface area contributed by atoms with Gasteiger partial charge in [0.2, 0.25) is 0 Å². The van der Waals surface area contributed by atoms with Crippen LogP contribution in [0.25, 0.3) is 10.8 Å². The molecule has 0 radical (unpaired) electrons. The van der Waals surface area contributed by atoms with Gasteiger partial charge in [-0.3, -0.25) is 0 Å². The molecule has 84 valence electrons. The molecule has 0 bridgehead atoms. The lowest BCUT2D eigenvalue weighted by Gasteiger charge is -2.11. The second-order valence-electron chi connectivity index (χ2n) is 3.48. The van der Waals surface area contributed by atoms with Crippen LogP contribution >= 0.6 is 12.4 Å². The zero-order chi connectivity index (χ0) is 10.8. The predicted molar refractivity (Wildman–Crippen MR) is 70.0 cm³/mol. The standard InChI is InChI=1S/C13H13NO.ClH/c1-2-12(14)10-7-8-13(15)11-6-4-3-5-9(10)11;/h2-8,12,15H,1,14H2;1H/t12-;/m1./s1. The lowest BCUT2D eigenvalue weighted by molar-refractivity contribution is 0.481. The van der Waals surface area contributed by atoms with Crippen molar-refractivity contribution in [2.24, 2.45) is 5.73 Å². The second kappa shape index (κ2) is 5.01. The lowest BCUT2D eigenvalue weighted by Crippen LogP contribution is -2.06. The fraction of sp³-hybridized carbons (Fsp3) is 0.0769. The molecule has 2 nitrogen and oxygen atoms in total. The van der Waals surface area contributed by atoms with E-state index in [1.807, 2.05) is 30.3 Å². The number of benzene rings is 2. The van der Waals surface area contributed by atoms with Gasteiger partial charge in [0.15, 0.2) is 0 Å². The summed E-state index contributed by atoms with van der Waals surface area (Å²) in [6.07, 6.45) is 1.69. The van der Waals surface area contributed by atoms with E-state index in [2.05, 4.69) is 6.58 Å². The van der Waals surface area contributed by atoms with Crippen molar-refractivity contribution in [1.29, 1.82) is 0 Å². The van der Waals surface area contributed by atoms with Gasteiger partial charge in [0.25, 0.3) is 0 Å². The van der Waals surface area contributed by atoms with Crippen molar-refractivity contribution in [2.75, 3.05) is 0 Å². The first-order valence-corrected chi connectivity index (χ1v) is 4.83. The molecule has 0 unspecified atom stereocenters. The Balaban J connectivity index is 0.00000128. The van der Waals surface area contributed by atoms with Crippen LogP contribution in [0.2, 0.25) is 0 Å². The van der Waals surface area contributed by atoms with E-state index in [1.54, 1.807) is 12.1 Å². The van der Waals surface area contributed by atoms with Crippen LogP contribution in [-0.4, -0.2) is 5.11 Å². The second-order valence-corrected chi connectivity index (χ2v) is 3.48. The van der Waals surface area contributed by atoms with Crippen LogP contribution in [0.15, 0.2) is 49.1 Å². The highest BCUT2D eigenvalue weighted by Crippen LogP contribution is 2.30. The van der Waals surface area contributed by atoms with Gasteiger partial charge in [-0.25, -0.2) is 0 Å². The zero-order valence-corrected chi connectivity index (χ0v) is 9.58. The minimum absolute atomic E-state index is 0. The van der Waals surface area contributed by atoms with Gasteiger partial charge < -0.3 is 10.8 Å². The molecule has 0 spiro atoms. The lowest BCUT2D eigenvalue weighted by atomic mass is 9.99. The van der Waals surface area contributed by atoms with Gasteiger partial charge in [-0.1, -0.05) is 36.4 Å². The third-order valence-electron chi connectivity index (χ3n) is 2.55. The summed E-state index contributed by atoms with van der Waals surface area (Å²) in [5.41, 5.74) is 6.90. The minimum Gasteiger partial charge on any atom is -0.507 e. The molecule has 2 rings (SSSR count). The number of hydrogen-bond acceptors (Lipinski definition) is 2. The number of phenolic OH excluding ortho intramolecular Hbond substituents is 1. The summed E-state index contributed by atoms with van der Waals surface area (Å²) in [6, 6.07) is 11.0. The molecule has 2 aromatic carbocycles. The Hall–Kier alpha value is -1.51. The summed E-state index contributed by atoms with van der Waals surface area (Å²) in [5, 5.41) is 11.5. The Morgan fingerprint density at radius 2 is 1.75 bits per heavy atom. The molecule has 0 fully saturated rings. The monoisotopic (exact) mass is 235 g/mol. The van der Waals surface area contributed by atoms with Gasteiger partial charge in [0.05, 0.1) is 0 Å². The molecule has 3 N–H and O–H groups in total. The van der Waals surface area contributed by atoms with E-state index in [1.165, 1.54) is 0 Å². The Kier molecular flexibility index (Phi) is 3.93. The maximum atomic E-state index is 9.68. The fourth-order valence-electron chi connectivity index (χ4n) is 1.72. The van der Waals surface area contributed by atoms with Gasteiger partial charge in [0.1, 0.15) is 5.75 Å². The molecule has 1 atom stereocenters. The highest BCUT2D eigenvalue weighted by molar-refractivity contribution is 5.91. The number of nitrogens with two attached hydrogens (primary N) is 1. The summed E-state index contributed by atoms with van der Waals surface area (Å²) >= 11 is 0. The molecule has 0 aliphatic heterocycles. The van der Waals surface area contributed by atoms with Crippen molar-refractivity contribution in [3.05, 3.63) is 54.6 Å². The first-order valence-electron chi connectivity index (χ1n) is 4.83. The molecular weight excluding hydrogens is 222 g/mol. The zero-order valence-electron chi connectivity index (χ0n) is 8.76. The molecule has 0 saturated carbocycles. The minimum atomic E-state index is -0.199. The largest absolute Gasteiger partial charge is 0.507 e. The van der Waals surface area contributed by atoms with E-state index in [0.717, 1.165) is 16.3 Å². The van der Waals surface area contributed by atoms with Crippen LogP contribution in [0.4, 0.5) is 0 Å².